The average molecular weight is 517 g/mol. The number of hydrogen-bond donors (Lipinski definition) is 0. The molecule has 0 aliphatic carbocycles. The van der Waals surface area contributed by atoms with Gasteiger partial charge in [0.15, 0.2) is 5.78 Å². The van der Waals surface area contributed by atoms with Crippen molar-refractivity contribution >= 4 is 22.5 Å². The lowest BCUT2D eigenvalue weighted by atomic mass is 10.0. The number of hydrogen-bond acceptors (Lipinski definition) is 5. The molecule has 0 saturated carbocycles. The molecule has 38 heavy (non-hydrogen) atoms. The van der Waals surface area contributed by atoms with E-state index in [0.717, 1.165) is 55.5 Å². The van der Waals surface area contributed by atoms with Crippen LogP contribution in [0.3, 0.4) is 0 Å². The van der Waals surface area contributed by atoms with Crippen LogP contribution in [0.5, 0.6) is 0 Å². The van der Waals surface area contributed by atoms with E-state index in [1.54, 1.807) is 16.7 Å². The van der Waals surface area contributed by atoms with Crippen LogP contribution in [-0.2, 0) is 6.54 Å². The molecule has 4 aromatic rings. The van der Waals surface area contributed by atoms with Crippen LogP contribution in [0, 0.1) is 15.9 Å². The summed E-state index contributed by atoms with van der Waals surface area (Å²) in [4.78, 5) is 38.8. The molecule has 1 fully saturated rings. The second kappa shape index (κ2) is 11.1. The molecule has 2 heterocycles. The van der Waals surface area contributed by atoms with Crippen LogP contribution < -0.4 is 5.69 Å². The molecule has 8 nitrogen and oxygen atoms in total. The van der Waals surface area contributed by atoms with Crippen molar-refractivity contribution in [3.8, 4) is 0 Å². The molecule has 0 spiro atoms. The van der Waals surface area contributed by atoms with Gasteiger partial charge in [-0.05, 0) is 67.8 Å². The maximum atomic E-state index is 13.6. The van der Waals surface area contributed by atoms with Gasteiger partial charge < -0.3 is 4.90 Å². The SMILES string of the molecule is O=C(CCCN1CCC(n2c(=O)n(Cc3ccc([N+](=O)[O-])cc3)c3ccccc32)CC1)c1ccc(F)cc1. The summed E-state index contributed by atoms with van der Waals surface area (Å²) in [6.07, 6.45) is 2.81. The number of halogens is 1. The first-order chi connectivity index (χ1) is 18.4. The van der Waals surface area contributed by atoms with Crippen LogP contribution in [0.2, 0.25) is 0 Å². The van der Waals surface area contributed by atoms with Crippen molar-refractivity contribution in [1.82, 2.24) is 14.0 Å². The van der Waals surface area contributed by atoms with E-state index in [4.69, 9.17) is 0 Å². The summed E-state index contributed by atoms with van der Waals surface area (Å²) in [6.45, 7) is 2.81. The molecular weight excluding hydrogens is 487 g/mol. The Morgan fingerprint density at radius 2 is 1.61 bits per heavy atom. The van der Waals surface area contributed by atoms with Gasteiger partial charge in [0.25, 0.3) is 5.69 Å². The van der Waals surface area contributed by atoms with Crippen molar-refractivity contribution < 1.29 is 14.1 Å². The molecule has 1 aliphatic heterocycles. The Labute approximate surface area is 219 Å². The van der Waals surface area contributed by atoms with E-state index in [0.29, 0.717) is 18.5 Å². The average Bonchev–Trinajstić information content (AvgIpc) is 3.20. The third kappa shape index (κ3) is 5.43. The van der Waals surface area contributed by atoms with Gasteiger partial charge >= 0.3 is 5.69 Å². The van der Waals surface area contributed by atoms with Gasteiger partial charge in [0.05, 0.1) is 22.5 Å². The van der Waals surface area contributed by atoms with Crippen molar-refractivity contribution in [1.29, 1.82) is 0 Å². The Balaban J connectivity index is 1.23. The number of nitro groups is 1. The first-order valence-electron chi connectivity index (χ1n) is 12.8. The highest BCUT2D eigenvalue weighted by molar-refractivity contribution is 5.95. The fraction of sp³-hybridized carbons (Fsp3) is 0.310. The fourth-order valence-corrected chi connectivity index (χ4v) is 5.29. The predicted molar refractivity (Wildman–Crippen MR) is 143 cm³/mol. The van der Waals surface area contributed by atoms with Crippen molar-refractivity contribution in [2.45, 2.75) is 38.3 Å². The number of likely N-dealkylation sites (tertiary alicyclic amines) is 1. The van der Waals surface area contributed by atoms with Crippen molar-refractivity contribution in [2.24, 2.45) is 0 Å². The first kappa shape index (κ1) is 25.5. The van der Waals surface area contributed by atoms with Gasteiger partial charge in [0.1, 0.15) is 5.82 Å². The van der Waals surface area contributed by atoms with E-state index in [9.17, 15) is 24.1 Å². The first-order valence-corrected chi connectivity index (χ1v) is 12.8. The Morgan fingerprint density at radius 3 is 2.26 bits per heavy atom. The molecule has 0 bridgehead atoms. The standard InChI is InChI=1S/C29H29FN4O4/c30-23-11-9-22(10-12-23)28(35)6-3-17-31-18-15-24(16-19-31)33-27-5-2-1-4-26(27)32(29(33)36)20-21-7-13-25(14-8-21)34(37)38/h1-2,4-5,7-14,24H,3,6,15-20H2. The summed E-state index contributed by atoms with van der Waals surface area (Å²) in [5, 5.41) is 11.0. The number of ketones is 1. The van der Waals surface area contributed by atoms with E-state index >= 15 is 0 Å². The summed E-state index contributed by atoms with van der Waals surface area (Å²) in [7, 11) is 0. The molecule has 5 rings (SSSR count). The summed E-state index contributed by atoms with van der Waals surface area (Å²) >= 11 is 0. The van der Waals surface area contributed by atoms with E-state index in [2.05, 4.69) is 4.90 Å². The summed E-state index contributed by atoms with van der Waals surface area (Å²) < 4.78 is 16.7. The number of para-hydroxylation sites is 2. The van der Waals surface area contributed by atoms with Gasteiger partial charge in [-0.25, -0.2) is 9.18 Å². The normalized spacial score (nSPS) is 14.7. The van der Waals surface area contributed by atoms with E-state index in [1.165, 1.54) is 36.4 Å². The smallest absolute Gasteiger partial charge is 0.303 e. The maximum Gasteiger partial charge on any atom is 0.329 e. The zero-order valence-electron chi connectivity index (χ0n) is 21.0. The minimum atomic E-state index is -0.433. The lowest BCUT2D eigenvalue weighted by molar-refractivity contribution is -0.384. The lowest BCUT2D eigenvalue weighted by Crippen LogP contribution is -2.38. The van der Waals surface area contributed by atoms with Gasteiger partial charge in [0, 0.05) is 43.2 Å². The second-order valence-corrected chi connectivity index (χ2v) is 9.76. The Hall–Kier alpha value is -4.11. The van der Waals surface area contributed by atoms with Crippen molar-refractivity contribution in [3.63, 3.8) is 0 Å². The molecule has 9 heteroatoms. The summed E-state index contributed by atoms with van der Waals surface area (Å²) in [6, 6.07) is 19.8. The molecule has 1 aliphatic rings. The number of imidazole rings is 1. The third-order valence-electron chi connectivity index (χ3n) is 7.32. The molecule has 1 aromatic heterocycles. The minimum Gasteiger partial charge on any atom is -0.303 e. The number of benzene rings is 3. The van der Waals surface area contributed by atoms with Gasteiger partial charge in [0.2, 0.25) is 0 Å². The highest BCUT2D eigenvalue weighted by atomic mass is 19.1. The van der Waals surface area contributed by atoms with Gasteiger partial charge in [-0.1, -0.05) is 24.3 Å². The molecule has 0 unspecified atom stereocenters. The molecule has 0 radical (unpaired) electrons. The zero-order valence-corrected chi connectivity index (χ0v) is 21.0. The summed E-state index contributed by atoms with van der Waals surface area (Å²) in [5.74, 6) is -0.328. The third-order valence-corrected chi connectivity index (χ3v) is 7.32. The number of aromatic nitrogens is 2. The second-order valence-electron chi connectivity index (χ2n) is 9.76. The molecule has 196 valence electrons. The predicted octanol–water partition coefficient (Wildman–Crippen LogP) is 5.20. The van der Waals surface area contributed by atoms with Crippen LogP contribution in [0.1, 0.15) is 47.6 Å². The Kier molecular flexibility index (Phi) is 7.46. The number of non-ortho nitro benzene ring substituents is 1. The van der Waals surface area contributed by atoms with Crippen LogP contribution in [0.25, 0.3) is 11.0 Å². The minimum absolute atomic E-state index is 0.0206. The van der Waals surface area contributed by atoms with E-state index < -0.39 is 4.92 Å². The number of fused-ring (bicyclic) bond motifs is 1. The number of piperidine rings is 1. The molecule has 1 saturated heterocycles. The molecular formula is C29H29FN4O4. The molecule has 0 atom stereocenters. The Morgan fingerprint density at radius 1 is 0.947 bits per heavy atom. The number of nitrogens with zero attached hydrogens (tertiary/aromatic N) is 4. The van der Waals surface area contributed by atoms with Crippen molar-refractivity contribution in [2.75, 3.05) is 19.6 Å². The van der Waals surface area contributed by atoms with Gasteiger partial charge in [-0.2, -0.15) is 0 Å². The van der Waals surface area contributed by atoms with Gasteiger partial charge in [-0.3, -0.25) is 24.0 Å². The van der Waals surface area contributed by atoms with Crippen LogP contribution >= 0.6 is 0 Å². The van der Waals surface area contributed by atoms with E-state index in [-0.39, 0.29) is 29.0 Å². The fourth-order valence-electron chi connectivity index (χ4n) is 5.29. The number of Topliss-reactive ketones (excluding diaryl/α,β-unsaturated/α-hetero) is 1. The quantitative estimate of drug-likeness (QED) is 0.173. The molecule has 3 aromatic carbocycles. The lowest BCUT2D eigenvalue weighted by Gasteiger charge is -2.32. The molecule has 0 amide bonds. The van der Waals surface area contributed by atoms with Crippen LogP contribution in [0.15, 0.2) is 77.6 Å². The zero-order chi connectivity index (χ0) is 26.6. The largest absolute Gasteiger partial charge is 0.329 e. The van der Waals surface area contributed by atoms with Crippen molar-refractivity contribution in [3.05, 3.63) is 110 Å². The number of carbonyl (C=O) groups excluding carboxylic acids is 1. The monoisotopic (exact) mass is 516 g/mol. The number of rotatable bonds is 9. The molecule has 0 N–H and O–H groups in total. The number of nitro benzene ring substituents is 1. The van der Waals surface area contributed by atoms with Crippen LogP contribution in [0.4, 0.5) is 10.1 Å². The number of carbonyl (C=O) groups is 1. The maximum absolute atomic E-state index is 13.6. The highest BCUT2D eigenvalue weighted by Crippen LogP contribution is 2.26. The Bertz CT molecular complexity index is 1500. The van der Waals surface area contributed by atoms with Crippen LogP contribution in [-0.4, -0.2) is 44.4 Å². The summed E-state index contributed by atoms with van der Waals surface area (Å²) in [5.41, 5.74) is 3.04. The van der Waals surface area contributed by atoms with E-state index in [1.807, 2.05) is 28.8 Å². The highest BCUT2D eigenvalue weighted by Gasteiger charge is 2.25. The topological polar surface area (TPSA) is 90.4 Å². The van der Waals surface area contributed by atoms with Gasteiger partial charge in [-0.15, -0.1) is 0 Å².